The Morgan fingerprint density at radius 3 is 2.76 bits per heavy atom. The van der Waals surface area contributed by atoms with Crippen LogP contribution in [0.3, 0.4) is 0 Å². The monoisotopic (exact) mass is 329 g/mol. The lowest BCUT2D eigenvalue weighted by Gasteiger charge is -2.25. The quantitative estimate of drug-likeness (QED) is 0.835. The maximum atomic E-state index is 11.8. The van der Waals surface area contributed by atoms with Crippen LogP contribution >= 0.6 is 23.2 Å². The highest BCUT2D eigenvalue weighted by Crippen LogP contribution is 2.26. The molecule has 1 saturated heterocycles. The summed E-state index contributed by atoms with van der Waals surface area (Å²) in [6.07, 6.45) is 3.11. The molecule has 2 unspecified atom stereocenters. The van der Waals surface area contributed by atoms with Crippen LogP contribution in [0, 0.1) is 0 Å². The van der Waals surface area contributed by atoms with Crippen molar-refractivity contribution in [2.45, 2.75) is 25.0 Å². The Morgan fingerprint density at radius 1 is 1.52 bits per heavy atom. The van der Waals surface area contributed by atoms with Gasteiger partial charge in [0.05, 0.1) is 6.10 Å². The summed E-state index contributed by atoms with van der Waals surface area (Å²) in [4.78, 5) is 11.8. The number of nitrogens with one attached hydrogen (secondary N) is 1. The van der Waals surface area contributed by atoms with Gasteiger partial charge < -0.3 is 15.2 Å². The van der Waals surface area contributed by atoms with Gasteiger partial charge in [-0.25, -0.2) is 0 Å². The summed E-state index contributed by atoms with van der Waals surface area (Å²) in [5.41, 5.74) is -0.418. The molecule has 1 fully saturated rings. The van der Waals surface area contributed by atoms with E-state index in [1.54, 1.807) is 31.2 Å². The van der Waals surface area contributed by atoms with E-state index in [-0.39, 0.29) is 18.6 Å². The minimum atomic E-state index is -1.01. The Hall–Kier alpha value is -1.07. The molecule has 1 aliphatic heterocycles. The molecule has 0 saturated carbocycles. The number of carbonyl (C=O) groups excluding carboxylic acids is 1. The van der Waals surface area contributed by atoms with Gasteiger partial charge in [-0.3, -0.25) is 4.79 Å². The fraction of sp³-hybridized carbons (Fsp3) is 0.400. The molecule has 4 nitrogen and oxygen atoms in total. The third-order valence-electron chi connectivity index (χ3n) is 3.63. The SMILES string of the molecule is CC1OCCC1(O)CNC(=O)/C=C/c1c(Cl)cccc1Cl. The second-order valence-corrected chi connectivity index (χ2v) is 5.87. The zero-order valence-electron chi connectivity index (χ0n) is 11.6. The highest BCUT2D eigenvalue weighted by Gasteiger charge is 2.39. The summed E-state index contributed by atoms with van der Waals surface area (Å²) in [6, 6.07) is 5.13. The highest BCUT2D eigenvalue weighted by atomic mass is 35.5. The average Bonchev–Trinajstić information content (AvgIpc) is 2.76. The van der Waals surface area contributed by atoms with Gasteiger partial charge in [0.2, 0.25) is 5.91 Å². The lowest BCUT2D eigenvalue weighted by molar-refractivity contribution is -0.118. The minimum Gasteiger partial charge on any atom is -0.385 e. The van der Waals surface area contributed by atoms with Gasteiger partial charge in [-0.2, -0.15) is 0 Å². The van der Waals surface area contributed by atoms with Crippen LogP contribution in [-0.4, -0.2) is 35.9 Å². The number of amides is 1. The van der Waals surface area contributed by atoms with Crippen LogP contribution in [0.2, 0.25) is 10.0 Å². The van der Waals surface area contributed by atoms with Crippen molar-refractivity contribution in [2.24, 2.45) is 0 Å². The first-order valence-electron chi connectivity index (χ1n) is 6.66. The second-order valence-electron chi connectivity index (χ2n) is 5.05. The number of carbonyl (C=O) groups is 1. The number of halogens is 2. The van der Waals surface area contributed by atoms with E-state index in [1.165, 1.54) is 6.08 Å². The Bertz CT molecular complexity index is 542. The molecule has 1 aromatic carbocycles. The highest BCUT2D eigenvalue weighted by molar-refractivity contribution is 6.37. The van der Waals surface area contributed by atoms with Gasteiger partial charge in [-0.05, 0) is 25.1 Å². The van der Waals surface area contributed by atoms with Crippen LogP contribution in [0.1, 0.15) is 18.9 Å². The number of benzene rings is 1. The van der Waals surface area contributed by atoms with Crippen molar-refractivity contribution >= 4 is 35.2 Å². The molecule has 0 spiro atoms. The van der Waals surface area contributed by atoms with Gasteiger partial charge in [-0.1, -0.05) is 29.3 Å². The third-order valence-corrected chi connectivity index (χ3v) is 4.29. The maximum absolute atomic E-state index is 11.8. The van der Waals surface area contributed by atoms with Crippen molar-refractivity contribution in [3.63, 3.8) is 0 Å². The molecule has 1 heterocycles. The summed E-state index contributed by atoms with van der Waals surface area (Å²) in [5, 5.41) is 13.9. The predicted molar refractivity (Wildman–Crippen MR) is 83.5 cm³/mol. The molecule has 1 aliphatic rings. The van der Waals surface area contributed by atoms with Gasteiger partial charge in [0, 0.05) is 41.3 Å². The lowest BCUT2D eigenvalue weighted by Crippen LogP contribution is -2.47. The van der Waals surface area contributed by atoms with Crippen molar-refractivity contribution in [3.8, 4) is 0 Å². The molecular weight excluding hydrogens is 313 g/mol. The van der Waals surface area contributed by atoms with Gasteiger partial charge in [0.1, 0.15) is 5.60 Å². The molecule has 2 rings (SSSR count). The normalized spacial score (nSPS) is 25.4. The number of ether oxygens (including phenoxy) is 1. The van der Waals surface area contributed by atoms with Crippen molar-refractivity contribution in [1.29, 1.82) is 0 Å². The van der Waals surface area contributed by atoms with Crippen LogP contribution < -0.4 is 5.32 Å². The molecule has 6 heteroatoms. The Morgan fingerprint density at radius 2 is 2.19 bits per heavy atom. The predicted octanol–water partition coefficient (Wildman–Crippen LogP) is 2.66. The summed E-state index contributed by atoms with van der Waals surface area (Å²) in [6.45, 7) is 2.44. The van der Waals surface area contributed by atoms with Crippen molar-refractivity contribution < 1.29 is 14.6 Å². The summed E-state index contributed by atoms with van der Waals surface area (Å²) in [5.74, 6) is -0.321. The van der Waals surface area contributed by atoms with Gasteiger partial charge in [0.15, 0.2) is 0 Å². The molecule has 114 valence electrons. The van der Waals surface area contributed by atoms with Crippen LogP contribution in [0.4, 0.5) is 0 Å². The number of hydrogen-bond acceptors (Lipinski definition) is 3. The van der Waals surface area contributed by atoms with E-state index in [9.17, 15) is 9.90 Å². The number of rotatable bonds is 4. The minimum absolute atomic E-state index is 0.146. The van der Waals surface area contributed by atoms with Gasteiger partial charge in [-0.15, -0.1) is 0 Å². The molecular formula is C15H17Cl2NO3. The first-order valence-corrected chi connectivity index (χ1v) is 7.42. The fourth-order valence-electron chi connectivity index (χ4n) is 2.13. The first kappa shape index (κ1) is 16.3. The standard InChI is InChI=1S/C15H17Cl2NO3/c1-10-15(20,7-8-21-10)9-18-14(19)6-5-11-12(16)3-2-4-13(11)17/h2-6,10,20H,7-9H2,1H3,(H,18,19)/b6-5+. The van der Waals surface area contributed by atoms with Crippen LogP contribution in [0.15, 0.2) is 24.3 Å². The van der Waals surface area contributed by atoms with Crippen molar-refractivity contribution in [2.75, 3.05) is 13.2 Å². The maximum Gasteiger partial charge on any atom is 0.244 e. The first-order chi connectivity index (χ1) is 9.92. The summed E-state index contributed by atoms with van der Waals surface area (Å²) in [7, 11) is 0. The van der Waals surface area contributed by atoms with Crippen molar-refractivity contribution in [3.05, 3.63) is 39.9 Å². The Kier molecular flexibility index (Phi) is 5.27. The van der Waals surface area contributed by atoms with Gasteiger partial charge >= 0.3 is 0 Å². The summed E-state index contributed by atoms with van der Waals surface area (Å²) >= 11 is 12.0. The molecule has 0 radical (unpaired) electrons. The van der Waals surface area contributed by atoms with Crippen LogP contribution in [0.5, 0.6) is 0 Å². The van der Waals surface area contributed by atoms with E-state index < -0.39 is 5.60 Å². The molecule has 1 amide bonds. The van der Waals surface area contributed by atoms with E-state index in [2.05, 4.69) is 5.32 Å². The fourth-order valence-corrected chi connectivity index (χ4v) is 2.65. The molecule has 2 N–H and O–H groups in total. The zero-order chi connectivity index (χ0) is 15.5. The average molecular weight is 330 g/mol. The van der Waals surface area contributed by atoms with Gasteiger partial charge in [0.25, 0.3) is 0 Å². The smallest absolute Gasteiger partial charge is 0.244 e. The molecule has 0 aromatic heterocycles. The molecule has 2 atom stereocenters. The number of aliphatic hydroxyl groups is 1. The van der Waals surface area contributed by atoms with E-state index in [0.29, 0.717) is 28.6 Å². The molecule has 1 aromatic rings. The van der Waals surface area contributed by atoms with E-state index in [0.717, 1.165) is 0 Å². The summed E-state index contributed by atoms with van der Waals surface area (Å²) < 4.78 is 5.31. The molecule has 0 aliphatic carbocycles. The molecule has 0 bridgehead atoms. The largest absolute Gasteiger partial charge is 0.385 e. The third kappa shape index (κ3) is 3.98. The molecule has 21 heavy (non-hydrogen) atoms. The van der Waals surface area contributed by atoms with Crippen molar-refractivity contribution in [1.82, 2.24) is 5.32 Å². The Labute approximate surface area is 133 Å². The van der Waals surface area contributed by atoms with Crippen LogP contribution in [0.25, 0.3) is 6.08 Å². The topological polar surface area (TPSA) is 58.6 Å². The number of hydrogen-bond donors (Lipinski definition) is 2. The van der Waals surface area contributed by atoms with E-state index >= 15 is 0 Å². The lowest BCUT2D eigenvalue weighted by atomic mass is 9.97. The zero-order valence-corrected chi connectivity index (χ0v) is 13.1. The Balaban J connectivity index is 1.94. The van der Waals surface area contributed by atoms with Crippen LogP contribution in [-0.2, 0) is 9.53 Å². The van der Waals surface area contributed by atoms with E-state index in [1.807, 2.05) is 0 Å². The second kappa shape index (κ2) is 6.79. The van der Waals surface area contributed by atoms with E-state index in [4.69, 9.17) is 27.9 Å².